The van der Waals surface area contributed by atoms with Gasteiger partial charge >= 0.3 is 5.97 Å². The third kappa shape index (κ3) is 3.49. The van der Waals surface area contributed by atoms with Crippen LogP contribution in [0.2, 0.25) is 0 Å². The molecule has 1 heterocycles. The summed E-state index contributed by atoms with van der Waals surface area (Å²) in [7, 11) is 5.47. The van der Waals surface area contributed by atoms with E-state index in [4.69, 9.17) is 9.47 Å². The summed E-state index contributed by atoms with van der Waals surface area (Å²) in [5, 5.41) is 0. The van der Waals surface area contributed by atoms with Crippen LogP contribution in [0.25, 0.3) is 0 Å². The first kappa shape index (κ1) is 14.8. The van der Waals surface area contributed by atoms with E-state index in [1.807, 2.05) is 26.2 Å². The van der Waals surface area contributed by atoms with Gasteiger partial charge in [0.1, 0.15) is 0 Å². The van der Waals surface area contributed by atoms with E-state index in [1.165, 1.54) is 18.4 Å². The monoisotopic (exact) mass is 278 g/mol. The Balaban J connectivity index is 2.04. The van der Waals surface area contributed by atoms with Gasteiger partial charge in [0.25, 0.3) is 0 Å². The zero-order valence-electron chi connectivity index (χ0n) is 12.3. The van der Waals surface area contributed by atoms with Gasteiger partial charge in [-0.2, -0.15) is 0 Å². The van der Waals surface area contributed by atoms with E-state index in [9.17, 15) is 4.79 Å². The van der Waals surface area contributed by atoms with Crippen molar-refractivity contribution < 1.29 is 14.3 Å². The molecular weight excluding hydrogens is 256 g/mol. The molecule has 1 aliphatic rings. The molecule has 0 saturated carbocycles. The maximum atomic E-state index is 11.6. The van der Waals surface area contributed by atoms with Gasteiger partial charge in [-0.05, 0) is 11.6 Å². The van der Waals surface area contributed by atoms with Crippen LogP contribution in [0.15, 0.2) is 24.3 Å². The number of carbonyl (C=O) groups is 1. The van der Waals surface area contributed by atoms with Gasteiger partial charge in [-0.25, -0.2) is 4.79 Å². The SMILES string of the molecule is COC(=O)[C@@H]1CN(Cc2ccccc2N(C)C)CCO1. The van der Waals surface area contributed by atoms with Gasteiger partial charge < -0.3 is 14.4 Å². The fraction of sp³-hybridized carbons (Fsp3) is 0.533. The zero-order valence-corrected chi connectivity index (χ0v) is 12.3. The van der Waals surface area contributed by atoms with E-state index in [-0.39, 0.29) is 5.97 Å². The molecule has 5 heteroatoms. The van der Waals surface area contributed by atoms with Crippen LogP contribution in [0.5, 0.6) is 0 Å². The number of ether oxygens (including phenoxy) is 2. The fourth-order valence-corrected chi connectivity index (χ4v) is 2.44. The molecule has 1 aromatic carbocycles. The maximum Gasteiger partial charge on any atom is 0.336 e. The highest BCUT2D eigenvalue weighted by Gasteiger charge is 2.27. The number of esters is 1. The summed E-state index contributed by atoms with van der Waals surface area (Å²) in [6, 6.07) is 8.31. The van der Waals surface area contributed by atoms with Crippen molar-refractivity contribution in [2.75, 3.05) is 45.8 Å². The van der Waals surface area contributed by atoms with Crippen LogP contribution in [0.1, 0.15) is 5.56 Å². The fourth-order valence-electron chi connectivity index (χ4n) is 2.44. The lowest BCUT2D eigenvalue weighted by Gasteiger charge is -2.32. The van der Waals surface area contributed by atoms with Gasteiger partial charge in [0.05, 0.1) is 13.7 Å². The molecule has 1 aliphatic heterocycles. The topological polar surface area (TPSA) is 42.0 Å². The van der Waals surface area contributed by atoms with Crippen LogP contribution in [0, 0.1) is 0 Å². The standard InChI is InChI=1S/C15H22N2O3/c1-16(2)13-7-5-4-6-12(13)10-17-8-9-20-14(11-17)15(18)19-3/h4-7,14H,8-11H2,1-3H3/t14-/m0/s1. The summed E-state index contributed by atoms with van der Waals surface area (Å²) in [4.78, 5) is 15.9. The first-order valence-electron chi connectivity index (χ1n) is 6.79. The van der Waals surface area contributed by atoms with Crippen molar-refractivity contribution in [3.63, 3.8) is 0 Å². The molecular formula is C15H22N2O3. The Labute approximate surface area is 120 Å². The molecule has 2 rings (SSSR count). The highest BCUT2D eigenvalue weighted by molar-refractivity contribution is 5.74. The third-order valence-corrected chi connectivity index (χ3v) is 3.48. The van der Waals surface area contributed by atoms with Crippen molar-refractivity contribution in [2.45, 2.75) is 12.6 Å². The number of rotatable bonds is 4. The molecule has 1 fully saturated rings. The average Bonchev–Trinajstić information content (AvgIpc) is 2.47. The average molecular weight is 278 g/mol. The van der Waals surface area contributed by atoms with Crippen molar-refractivity contribution in [1.29, 1.82) is 0 Å². The predicted molar refractivity (Wildman–Crippen MR) is 77.8 cm³/mol. The molecule has 0 aromatic heterocycles. The Morgan fingerprint density at radius 1 is 1.45 bits per heavy atom. The Morgan fingerprint density at radius 3 is 2.90 bits per heavy atom. The second-order valence-corrected chi connectivity index (χ2v) is 5.14. The number of para-hydroxylation sites is 1. The number of hydrogen-bond acceptors (Lipinski definition) is 5. The predicted octanol–water partition coefficient (Wildman–Crippen LogP) is 1.13. The molecule has 0 aliphatic carbocycles. The number of hydrogen-bond donors (Lipinski definition) is 0. The zero-order chi connectivity index (χ0) is 14.5. The molecule has 1 atom stereocenters. The highest BCUT2D eigenvalue weighted by Crippen LogP contribution is 2.21. The first-order valence-corrected chi connectivity index (χ1v) is 6.79. The Bertz CT molecular complexity index is 462. The van der Waals surface area contributed by atoms with E-state index < -0.39 is 6.10 Å². The molecule has 110 valence electrons. The minimum atomic E-state index is -0.472. The van der Waals surface area contributed by atoms with E-state index in [0.29, 0.717) is 13.2 Å². The summed E-state index contributed by atoms with van der Waals surface area (Å²) in [6.45, 7) is 2.78. The molecule has 1 aromatic rings. The highest BCUT2D eigenvalue weighted by atomic mass is 16.6. The lowest BCUT2D eigenvalue weighted by Crippen LogP contribution is -2.46. The van der Waals surface area contributed by atoms with Gasteiger partial charge in [0.2, 0.25) is 0 Å². The van der Waals surface area contributed by atoms with Gasteiger partial charge in [-0.15, -0.1) is 0 Å². The quantitative estimate of drug-likeness (QED) is 0.772. The normalized spacial score (nSPS) is 19.6. The number of nitrogens with zero attached hydrogens (tertiary/aromatic N) is 2. The summed E-state index contributed by atoms with van der Waals surface area (Å²) in [5.74, 6) is -0.296. The molecule has 1 saturated heterocycles. The summed E-state index contributed by atoms with van der Waals surface area (Å²) in [6.07, 6.45) is -0.472. The van der Waals surface area contributed by atoms with Crippen LogP contribution in [0.3, 0.4) is 0 Å². The number of anilines is 1. The molecule has 0 bridgehead atoms. The Morgan fingerprint density at radius 2 is 2.20 bits per heavy atom. The second kappa shape index (κ2) is 6.72. The largest absolute Gasteiger partial charge is 0.467 e. The number of methoxy groups -OCH3 is 1. The maximum absolute atomic E-state index is 11.6. The molecule has 0 radical (unpaired) electrons. The number of benzene rings is 1. The Hall–Kier alpha value is -1.59. The van der Waals surface area contributed by atoms with Crippen LogP contribution in [-0.2, 0) is 20.8 Å². The van der Waals surface area contributed by atoms with Crippen molar-refractivity contribution in [3.8, 4) is 0 Å². The summed E-state index contributed by atoms with van der Waals surface area (Å²) < 4.78 is 10.2. The first-order chi connectivity index (χ1) is 9.61. The van der Waals surface area contributed by atoms with Crippen molar-refractivity contribution >= 4 is 11.7 Å². The van der Waals surface area contributed by atoms with Gasteiger partial charge in [-0.1, -0.05) is 18.2 Å². The van der Waals surface area contributed by atoms with Crippen LogP contribution >= 0.6 is 0 Å². The summed E-state index contributed by atoms with van der Waals surface area (Å²) >= 11 is 0. The second-order valence-electron chi connectivity index (χ2n) is 5.14. The molecule has 0 unspecified atom stereocenters. The van der Waals surface area contributed by atoms with Crippen molar-refractivity contribution in [2.24, 2.45) is 0 Å². The molecule has 0 amide bonds. The molecule has 20 heavy (non-hydrogen) atoms. The van der Waals surface area contributed by atoms with E-state index in [2.05, 4.69) is 21.9 Å². The molecule has 5 nitrogen and oxygen atoms in total. The van der Waals surface area contributed by atoms with Crippen LogP contribution in [0.4, 0.5) is 5.69 Å². The van der Waals surface area contributed by atoms with Crippen LogP contribution in [-0.4, -0.2) is 57.9 Å². The lowest BCUT2D eigenvalue weighted by molar-refractivity contribution is -0.160. The third-order valence-electron chi connectivity index (χ3n) is 3.48. The van der Waals surface area contributed by atoms with Gasteiger partial charge in [0.15, 0.2) is 6.10 Å². The molecule has 0 spiro atoms. The van der Waals surface area contributed by atoms with E-state index in [0.717, 1.165) is 13.1 Å². The Kier molecular flexibility index (Phi) is 4.98. The minimum Gasteiger partial charge on any atom is -0.467 e. The van der Waals surface area contributed by atoms with Crippen molar-refractivity contribution in [1.82, 2.24) is 4.90 Å². The number of morpholine rings is 1. The minimum absolute atomic E-state index is 0.296. The smallest absolute Gasteiger partial charge is 0.336 e. The number of carbonyl (C=O) groups excluding carboxylic acids is 1. The lowest BCUT2D eigenvalue weighted by atomic mass is 10.1. The van der Waals surface area contributed by atoms with Gasteiger partial charge in [-0.3, -0.25) is 4.90 Å². The van der Waals surface area contributed by atoms with E-state index in [1.54, 1.807) is 0 Å². The summed E-state index contributed by atoms with van der Waals surface area (Å²) in [5.41, 5.74) is 2.46. The van der Waals surface area contributed by atoms with E-state index >= 15 is 0 Å². The van der Waals surface area contributed by atoms with Crippen LogP contribution < -0.4 is 4.90 Å². The molecule has 0 N–H and O–H groups in total. The van der Waals surface area contributed by atoms with Crippen molar-refractivity contribution in [3.05, 3.63) is 29.8 Å². The van der Waals surface area contributed by atoms with Gasteiger partial charge in [0, 0.05) is 39.4 Å².